The molecule has 1 N–H and O–H groups in total. The summed E-state index contributed by atoms with van der Waals surface area (Å²) in [5, 5.41) is 6.21. The summed E-state index contributed by atoms with van der Waals surface area (Å²) in [6, 6.07) is 0. The number of hydrogen-bond donors (Lipinski definition) is 1. The quantitative estimate of drug-likeness (QED) is 0.930. The van der Waals surface area contributed by atoms with E-state index in [9.17, 15) is 18.0 Å². The first-order valence-electron chi connectivity index (χ1n) is 6.16. The maximum atomic E-state index is 12.2. The van der Waals surface area contributed by atoms with Gasteiger partial charge in [-0.25, -0.2) is 4.68 Å². The van der Waals surface area contributed by atoms with Crippen molar-refractivity contribution in [3.63, 3.8) is 0 Å². The maximum Gasteiger partial charge on any atom is 0.408 e. The Labute approximate surface area is 118 Å². The van der Waals surface area contributed by atoms with Crippen molar-refractivity contribution in [3.05, 3.63) is 21.6 Å². The van der Waals surface area contributed by atoms with Crippen LogP contribution in [0, 0.1) is 11.3 Å². The fourth-order valence-corrected chi connectivity index (χ4v) is 2.24. The molecule has 0 saturated heterocycles. The molecule has 0 bridgehead atoms. The van der Waals surface area contributed by atoms with Gasteiger partial charge < -0.3 is 5.32 Å². The van der Waals surface area contributed by atoms with Crippen LogP contribution in [0.25, 0.3) is 0 Å². The average Bonchev–Trinajstić information content (AvgIpc) is 2.90. The monoisotopic (exact) mass is 309 g/mol. The molecule has 112 valence electrons. The predicted octanol–water partition coefficient (Wildman–Crippen LogP) is 2.92. The molecule has 0 aromatic carbocycles. The molecule has 0 spiro atoms. The number of hydrogen-bond acceptors (Lipinski definition) is 3. The topological polar surface area (TPSA) is 46.9 Å². The van der Waals surface area contributed by atoms with Crippen molar-refractivity contribution >= 4 is 17.3 Å². The lowest BCUT2D eigenvalue weighted by Crippen LogP contribution is -2.31. The van der Waals surface area contributed by atoms with Crippen LogP contribution in [-0.4, -0.2) is 22.5 Å². The molecule has 1 aromatic rings. The van der Waals surface area contributed by atoms with Crippen LogP contribution in [-0.2, 0) is 6.54 Å². The van der Waals surface area contributed by atoms with Crippen molar-refractivity contribution in [1.82, 2.24) is 9.78 Å². The van der Waals surface area contributed by atoms with Gasteiger partial charge in [-0.15, -0.1) is 0 Å². The van der Waals surface area contributed by atoms with E-state index in [0.717, 1.165) is 12.6 Å². The minimum atomic E-state index is -4.51. The van der Waals surface area contributed by atoms with Gasteiger partial charge in [-0.3, -0.25) is 4.79 Å². The van der Waals surface area contributed by atoms with Crippen LogP contribution < -0.4 is 10.9 Å². The molecule has 2 rings (SSSR count). The van der Waals surface area contributed by atoms with E-state index >= 15 is 0 Å². The van der Waals surface area contributed by atoms with Crippen molar-refractivity contribution < 1.29 is 13.2 Å². The number of nitrogens with one attached hydrogen (secondary N) is 1. The van der Waals surface area contributed by atoms with Crippen molar-refractivity contribution in [2.24, 2.45) is 11.3 Å². The second kappa shape index (κ2) is 4.95. The van der Waals surface area contributed by atoms with E-state index in [1.807, 2.05) is 0 Å². The summed E-state index contributed by atoms with van der Waals surface area (Å²) in [6.45, 7) is 3.43. The van der Waals surface area contributed by atoms with Gasteiger partial charge in [0.05, 0.1) is 11.9 Å². The standard InChI is InChI=1S/C12H15ClF3N3O/c1-11(2)3-7(11)4-17-8-5-18-19(6-12(14,15)16)10(20)9(8)13/h5,7,17H,3-4,6H2,1-2H3. The molecule has 1 fully saturated rings. The second-order valence-corrected chi connectivity index (χ2v) is 6.10. The SMILES string of the molecule is CC1(C)CC1CNc1cnn(CC(F)(F)F)c(=O)c1Cl. The molecule has 8 heteroatoms. The lowest BCUT2D eigenvalue weighted by Gasteiger charge is -2.12. The Morgan fingerprint density at radius 2 is 2.15 bits per heavy atom. The Balaban J connectivity index is 2.09. The molecular weight excluding hydrogens is 295 g/mol. The van der Waals surface area contributed by atoms with E-state index in [-0.39, 0.29) is 16.1 Å². The molecule has 1 saturated carbocycles. The summed E-state index contributed by atoms with van der Waals surface area (Å²) < 4.78 is 37.0. The van der Waals surface area contributed by atoms with Gasteiger partial charge >= 0.3 is 6.18 Å². The van der Waals surface area contributed by atoms with Crippen LogP contribution in [0.4, 0.5) is 18.9 Å². The summed E-state index contributed by atoms with van der Waals surface area (Å²) in [4.78, 5) is 11.7. The zero-order valence-electron chi connectivity index (χ0n) is 11.1. The molecule has 1 heterocycles. The van der Waals surface area contributed by atoms with Crippen LogP contribution >= 0.6 is 11.6 Å². The Morgan fingerprint density at radius 3 is 2.65 bits per heavy atom. The highest BCUT2D eigenvalue weighted by Gasteiger charge is 2.45. The molecular formula is C12H15ClF3N3O. The smallest absolute Gasteiger partial charge is 0.382 e. The van der Waals surface area contributed by atoms with Crippen LogP contribution in [0.1, 0.15) is 20.3 Å². The van der Waals surface area contributed by atoms with E-state index in [2.05, 4.69) is 24.3 Å². The lowest BCUT2D eigenvalue weighted by molar-refractivity contribution is -0.143. The highest BCUT2D eigenvalue weighted by Crippen LogP contribution is 2.51. The number of aromatic nitrogens is 2. The molecule has 1 aliphatic rings. The van der Waals surface area contributed by atoms with Crippen LogP contribution in [0.5, 0.6) is 0 Å². The normalized spacial score (nSPS) is 20.8. The lowest BCUT2D eigenvalue weighted by atomic mass is 10.1. The first kappa shape index (κ1) is 15.2. The van der Waals surface area contributed by atoms with Crippen molar-refractivity contribution in [3.8, 4) is 0 Å². The van der Waals surface area contributed by atoms with Crippen molar-refractivity contribution in [2.45, 2.75) is 33.0 Å². The fraction of sp³-hybridized carbons (Fsp3) is 0.667. The Bertz CT molecular complexity index is 568. The van der Waals surface area contributed by atoms with Gasteiger partial charge in [-0.2, -0.15) is 18.3 Å². The zero-order valence-corrected chi connectivity index (χ0v) is 11.8. The van der Waals surface area contributed by atoms with E-state index in [4.69, 9.17) is 11.6 Å². The molecule has 1 atom stereocenters. The second-order valence-electron chi connectivity index (χ2n) is 5.72. The van der Waals surface area contributed by atoms with Gasteiger partial charge in [-0.05, 0) is 17.8 Å². The average molecular weight is 310 g/mol. The van der Waals surface area contributed by atoms with E-state index < -0.39 is 18.3 Å². The first-order chi connectivity index (χ1) is 9.10. The molecule has 1 aliphatic carbocycles. The minimum absolute atomic E-state index is 0.261. The first-order valence-corrected chi connectivity index (χ1v) is 6.54. The summed E-state index contributed by atoms with van der Waals surface area (Å²) in [6.07, 6.45) is -2.28. The minimum Gasteiger partial charge on any atom is -0.382 e. The molecule has 1 unspecified atom stereocenters. The maximum absolute atomic E-state index is 12.2. The third-order valence-corrected chi connectivity index (χ3v) is 3.94. The zero-order chi connectivity index (χ0) is 15.1. The van der Waals surface area contributed by atoms with Crippen LogP contribution in [0.15, 0.2) is 11.0 Å². The number of rotatable bonds is 4. The largest absolute Gasteiger partial charge is 0.408 e. The summed E-state index contributed by atoms with van der Waals surface area (Å²) in [7, 11) is 0. The summed E-state index contributed by atoms with van der Waals surface area (Å²) in [5.41, 5.74) is -0.403. The van der Waals surface area contributed by atoms with Gasteiger partial charge in [0.25, 0.3) is 5.56 Å². The van der Waals surface area contributed by atoms with Crippen molar-refractivity contribution in [1.29, 1.82) is 0 Å². The molecule has 0 aliphatic heterocycles. The Morgan fingerprint density at radius 1 is 1.55 bits per heavy atom. The summed E-state index contributed by atoms with van der Waals surface area (Å²) >= 11 is 5.80. The molecule has 0 amide bonds. The van der Waals surface area contributed by atoms with Gasteiger partial charge in [0, 0.05) is 6.54 Å². The number of nitrogens with zero attached hydrogens (tertiary/aromatic N) is 2. The number of anilines is 1. The van der Waals surface area contributed by atoms with E-state index in [0.29, 0.717) is 17.1 Å². The molecule has 20 heavy (non-hydrogen) atoms. The Hall–Kier alpha value is -1.24. The van der Waals surface area contributed by atoms with Gasteiger partial charge in [0.1, 0.15) is 11.6 Å². The fourth-order valence-electron chi connectivity index (χ4n) is 2.03. The van der Waals surface area contributed by atoms with Gasteiger partial charge in [0.2, 0.25) is 0 Å². The third-order valence-electron chi connectivity index (χ3n) is 3.57. The number of alkyl halides is 3. The van der Waals surface area contributed by atoms with Crippen molar-refractivity contribution in [2.75, 3.05) is 11.9 Å². The highest BCUT2D eigenvalue weighted by molar-refractivity contribution is 6.32. The van der Waals surface area contributed by atoms with Gasteiger partial charge in [-0.1, -0.05) is 25.4 Å². The molecule has 1 aromatic heterocycles. The third kappa shape index (κ3) is 3.45. The predicted molar refractivity (Wildman–Crippen MR) is 69.9 cm³/mol. The van der Waals surface area contributed by atoms with Gasteiger partial charge in [0.15, 0.2) is 0 Å². The summed E-state index contributed by atoms with van der Waals surface area (Å²) in [5.74, 6) is 0.469. The highest BCUT2D eigenvalue weighted by atomic mass is 35.5. The number of halogens is 4. The molecule has 4 nitrogen and oxygen atoms in total. The van der Waals surface area contributed by atoms with Crippen LogP contribution in [0.3, 0.4) is 0 Å². The Kier molecular flexibility index (Phi) is 3.75. The molecule has 0 radical (unpaired) electrons. The van der Waals surface area contributed by atoms with Crippen LogP contribution in [0.2, 0.25) is 5.02 Å². The van der Waals surface area contributed by atoms with E-state index in [1.165, 1.54) is 0 Å². The van der Waals surface area contributed by atoms with E-state index in [1.54, 1.807) is 0 Å².